The monoisotopic (exact) mass is 561 g/mol. The lowest BCUT2D eigenvalue weighted by molar-refractivity contribution is 0.164. The molecule has 0 spiro atoms. The number of nitrogens with one attached hydrogen (secondary N) is 1. The molecule has 9 nitrogen and oxygen atoms in total. The molecule has 3 heterocycles. The van der Waals surface area contributed by atoms with Crippen LogP contribution in [0.2, 0.25) is 0 Å². The van der Waals surface area contributed by atoms with Crippen LogP contribution in [0.3, 0.4) is 0 Å². The zero-order valence-corrected chi connectivity index (χ0v) is 22.4. The molecule has 0 amide bonds. The molecule has 2 aromatic carbocycles. The summed E-state index contributed by atoms with van der Waals surface area (Å²) in [7, 11) is -6.72. The van der Waals surface area contributed by atoms with E-state index in [0.717, 1.165) is 23.8 Å². The van der Waals surface area contributed by atoms with Gasteiger partial charge in [-0.1, -0.05) is 5.16 Å². The Morgan fingerprint density at radius 1 is 1.16 bits per heavy atom. The van der Waals surface area contributed by atoms with Gasteiger partial charge in [-0.3, -0.25) is 4.31 Å². The number of hydrogen-bond acceptors (Lipinski definition) is 8. The van der Waals surface area contributed by atoms with Gasteiger partial charge in [-0.2, -0.15) is 0 Å². The van der Waals surface area contributed by atoms with Crippen LogP contribution in [0.25, 0.3) is 22.3 Å². The summed E-state index contributed by atoms with van der Waals surface area (Å²) < 4.78 is 71.3. The topological polar surface area (TPSA) is 118 Å². The molecule has 0 bridgehead atoms. The second kappa shape index (κ2) is 9.26. The van der Waals surface area contributed by atoms with Gasteiger partial charge in [-0.05, 0) is 73.4 Å². The molecule has 1 saturated heterocycles. The standard InChI is InChI=1S/C26H28FN3O6S2/c1-37(31,32)30(10-8-16-9-11-38(33,34)14-16)22-13-23-21(12-20(22)17-2-3-17)24(26-28-15-35-29-26)25(36-23)18-4-6-19(27)7-5-18/h4-7,12-13,16-17H,2-3,8-11,14-15H2,1H3,(H,28,29). The maximum atomic E-state index is 13.7. The summed E-state index contributed by atoms with van der Waals surface area (Å²) in [4.78, 5) is 5.18. The normalized spacial score (nSPS) is 20.8. The average molecular weight is 562 g/mol. The van der Waals surface area contributed by atoms with Crippen molar-refractivity contribution >= 4 is 42.4 Å². The fourth-order valence-electron chi connectivity index (χ4n) is 5.35. The van der Waals surface area contributed by atoms with Crippen molar-refractivity contribution in [2.45, 2.75) is 31.6 Å². The van der Waals surface area contributed by atoms with Gasteiger partial charge in [0.25, 0.3) is 0 Å². The van der Waals surface area contributed by atoms with E-state index in [0.29, 0.717) is 46.8 Å². The summed E-state index contributed by atoms with van der Waals surface area (Å²) in [5.41, 5.74) is 3.22. The van der Waals surface area contributed by atoms with Crippen LogP contribution < -0.4 is 9.62 Å². The minimum atomic E-state index is -3.67. The number of sulfonamides is 1. The molecular formula is C26H28FN3O6S2. The molecule has 1 saturated carbocycles. The lowest BCUT2D eigenvalue weighted by Gasteiger charge is -2.26. The zero-order valence-electron chi connectivity index (χ0n) is 20.8. The van der Waals surface area contributed by atoms with Crippen LogP contribution in [-0.2, 0) is 24.7 Å². The summed E-state index contributed by atoms with van der Waals surface area (Å²) >= 11 is 0. The molecule has 1 N–H and O–H groups in total. The highest BCUT2D eigenvalue weighted by atomic mass is 32.2. The maximum absolute atomic E-state index is 13.7. The Balaban J connectivity index is 1.47. The molecule has 202 valence electrons. The SMILES string of the molecule is CS(=O)(=O)N(CCC1CCS(=O)(=O)C1)c1cc2oc(-c3ccc(F)cc3)c(C3=NOCN3)c2cc1C1CC1. The van der Waals surface area contributed by atoms with Crippen LogP contribution in [-0.4, -0.2) is 53.7 Å². The van der Waals surface area contributed by atoms with Crippen molar-refractivity contribution in [1.82, 2.24) is 5.32 Å². The van der Waals surface area contributed by atoms with Crippen LogP contribution in [0.15, 0.2) is 46.0 Å². The Morgan fingerprint density at radius 2 is 1.92 bits per heavy atom. The highest BCUT2D eigenvalue weighted by molar-refractivity contribution is 7.92. The van der Waals surface area contributed by atoms with Crippen molar-refractivity contribution in [3.8, 4) is 11.3 Å². The molecule has 1 atom stereocenters. The zero-order chi connectivity index (χ0) is 26.7. The fourth-order valence-corrected chi connectivity index (χ4v) is 8.22. The Kier molecular flexibility index (Phi) is 6.14. The Labute approximate surface area is 220 Å². The summed E-state index contributed by atoms with van der Waals surface area (Å²) in [6.07, 6.45) is 4.06. The third kappa shape index (κ3) is 4.86. The smallest absolute Gasteiger partial charge is 0.232 e. The van der Waals surface area contributed by atoms with Crippen LogP contribution in [0.1, 0.15) is 42.7 Å². The van der Waals surface area contributed by atoms with Crippen molar-refractivity contribution in [2.75, 3.05) is 35.3 Å². The molecule has 1 aromatic heterocycles. The minimum Gasteiger partial charge on any atom is -0.455 e. The van der Waals surface area contributed by atoms with Gasteiger partial charge in [0.1, 0.15) is 17.2 Å². The van der Waals surface area contributed by atoms with Crippen LogP contribution >= 0.6 is 0 Å². The maximum Gasteiger partial charge on any atom is 0.232 e. The van der Waals surface area contributed by atoms with Crippen LogP contribution in [0.5, 0.6) is 0 Å². The summed E-state index contributed by atoms with van der Waals surface area (Å²) in [5.74, 6) is 0.972. The number of rotatable bonds is 8. The second-order valence-corrected chi connectivity index (χ2v) is 14.4. The number of amidine groups is 1. The molecule has 0 radical (unpaired) electrons. The number of fused-ring (bicyclic) bond motifs is 1. The highest BCUT2D eigenvalue weighted by Crippen LogP contribution is 2.48. The Morgan fingerprint density at radius 3 is 2.53 bits per heavy atom. The van der Waals surface area contributed by atoms with Gasteiger partial charge in [0.05, 0.1) is 29.0 Å². The molecule has 6 rings (SSSR count). The third-order valence-electron chi connectivity index (χ3n) is 7.39. The number of sulfone groups is 1. The van der Waals surface area contributed by atoms with E-state index in [1.807, 2.05) is 6.07 Å². The third-order valence-corrected chi connectivity index (χ3v) is 10.4. The number of benzene rings is 2. The van der Waals surface area contributed by atoms with Crippen molar-refractivity contribution in [1.29, 1.82) is 0 Å². The molecule has 38 heavy (non-hydrogen) atoms. The van der Waals surface area contributed by atoms with E-state index in [4.69, 9.17) is 9.25 Å². The van der Waals surface area contributed by atoms with E-state index < -0.39 is 19.9 Å². The Bertz CT molecular complexity index is 1640. The first-order chi connectivity index (χ1) is 18.1. The van der Waals surface area contributed by atoms with Crippen molar-refractivity contribution < 1.29 is 30.5 Å². The van der Waals surface area contributed by atoms with E-state index in [-0.39, 0.29) is 42.4 Å². The molecule has 3 aromatic rings. The molecule has 1 unspecified atom stereocenters. The predicted octanol–water partition coefficient (Wildman–Crippen LogP) is 3.95. The number of hydrogen-bond donors (Lipinski definition) is 1. The quantitative estimate of drug-likeness (QED) is 0.443. The van der Waals surface area contributed by atoms with E-state index in [9.17, 15) is 21.2 Å². The van der Waals surface area contributed by atoms with Gasteiger partial charge in [-0.25, -0.2) is 21.2 Å². The lowest BCUT2D eigenvalue weighted by atomic mass is 9.99. The van der Waals surface area contributed by atoms with E-state index in [1.54, 1.807) is 18.2 Å². The number of anilines is 1. The van der Waals surface area contributed by atoms with Gasteiger partial charge in [0.15, 0.2) is 22.4 Å². The fraction of sp³-hybridized carbons (Fsp3) is 0.423. The van der Waals surface area contributed by atoms with Crippen molar-refractivity contribution in [3.05, 3.63) is 53.3 Å². The predicted molar refractivity (Wildman–Crippen MR) is 143 cm³/mol. The molecule has 2 fully saturated rings. The van der Waals surface area contributed by atoms with E-state index in [1.165, 1.54) is 22.7 Å². The summed E-state index contributed by atoms with van der Waals surface area (Å²) in [6.45, 7) is 0.391. The Hall–Kier alpha value is -3.12. The van der Waals surface area contributed by atoms with Gasteiger partial charge < -0.3 is 14.6 Å². The summed E-state index contributed by atoms with van der Waals surface area (Å²) in [5, 5.41) is 7.97. The number of oxime groups is 1. The number of nitrogens with zero attached hydrogens (tertiary/aromatic N) is 2. The highest BCUT2D eigenvalue weighted by Gasteiger charge is 2.34. The lowest BCUT2D eigenvalue weighted by Crippen LogP contribution is -2.33. The first-order valence-electron chi connectivity index (χ1n) is 12.6. The number of halogens is 1. The van der Waals surface area contributed by atoms with Crippen molar-refractivity contribution in [3.63, 3.8) is 0 Å². The molecule has 12 heteroatoms. The van der Waals surface area contributed by atoms with Crippen molar-refractivity contribution in [2.24, 2.45) is 11.1 Å². The van der Waals surface area contributed by atoms with Crippen LogP contribution in [0.4, 0.5) is 10.1 Å². The summed E-state index contributed by atoms with van der Waals surface area (Å²) in [6, 6.07) is 9.66. The second-order valence-electron chi connectivity index (χ2n) is 10.3. The first kappa shape index (κ1) is 25.2. The molecule has 2 aliphatic heterocycles. The molecule has 1 aliphatic carbocycles. The van der Waals surface area contributed by atoms with E-state index in [2.05, 4.69) is 10.5 Å². The molecular weight excluding hydrogens is 533 g/mol. The largest absolute Gasteiger partial charge is 0.455 e. The van der Waals surface area contributed by atoms with Gasteiger partial charge in [0, 0.05) is 23.6 Å². The van der Waals surface area contributed by atoms with Crippen LogP contribution in [0, 0.1) is 11.7 Å². The minimum absolute atomic E-state index is 0.0656. The van der Waals surface area contributed by atoms with E-state index >= 15 is 0 Å². The first-order valence-corrected chi connectivity index (χ1v) is 16.2. The van der Waals surface area contributed by atoms with Gasteiger partial charge >= 0.3 is 0 Å². The van der Waals surface area contributed by atoms with Gasteiger partial charge in [-0.15, -0.1) is 0 Å². The number of furan rings is 1. The molecule has 3 aliphatic rings. The average Bonchev–Trinajstić information content (AvgIpc) is 3.25. The van der Waals surface area contributed by atoms with Gasteiger partial charge in [0.2, 0.25) is 10.0 Å².